The van der Waals surface area contributed by atoms with Gasteiger partial charge in [-0.3, -0.25) is 14.4 Å². The molecule has 2 fully saturated rings. The number of rotatable bonds is 16. The molecule has 12 heteroatoms. The van der Waals surface area contributed by atoms with Crippen LogP contribution in [0.25, 0.3) is 0 Å². The monoisotopic (exact) mass is 549 g/mol. The van der Waals surface area contributed by atoms with Crippen molar-refractivity contribution in [2.45, 2.75) is 64.7 Å². The van der Waals surface area contributed by atoms with Gasteiger partial charge >= 0.3 is 12.1 Å². The number of carbonyl (C=O) groups excluding carboxylic acids is 5. The average Bonchev–Trinajstić information content (AvgIpc) is 3.29. The van der Waals surface area contributed by atoms with E-state index in [0.29, 0.717) is 63.0 Å². The van der Waals surface area contributed by atoms with Crippen LogP contribution < -0.4 is 10.6 Å². The zero-order valence-electron chi connectivity index (χ0n) is 22.6. The highest BCUT2D eigenvalue weighted by Crippen LogP contribution is 2.63. The number of carbonyl (C=O) groups is 5. The van der Waals surface area contributed by atoms with E-state index in [4.69, 9.17) is 19.0 Å². The maximum atomic E-state index is 12.0. The van der Waals surface area contributed by atoms with Gasteiger partial charge in [0, 0.05) is 57.5 Å². The molecule has 216 valence electrons. The Labute approximate surface area is 228 Å². The minimum absolute atomic E-state index is 0.0356. The number of imide groups is 1. The van der Waals surface area contributed by atoms with E-state index in [1.165, 1.54) is 0 Å². The first-order valence-electron chi connectivity index (χ1n) is 13.7. The Hall–Kier alpha value is -3.17. The van der Waals surface area contributed by atoms with E-state index in [-0.39, 0.29) is 43.4 Å². The predicted octanol–water partition coefficient (Wildman–Crippen LogP) is 1.47. The third-order valence-corrected chi connectivity index (χ3v) is 7.40. The number of hydrogen-bond acceptors (Lipinski definition) is 9. The topological polar surface area (TPSA) is 150 Å². The lowest BCUT2D eigenvalue weighted by Gasteiger charge is -2.12. The van der Waals surface area contributed by atoms with Crippen molar-refractivity contribution in [2.75, 3.05) is 46.1 Å². The number of alkyl carbamates (subject to hydrolysis) is 1. The Morgan fingerprint density at radius 3 is 2.33 bits per heavy atom. The van der Waals surface area contributed by atoms with Crippen LogP contribution in [0.4, 0.5) is 4.79 Å². The Balaban J connectivity index is 1.08. The summed E-state index contributed by atoms with van der Waals surface area (Å²) in [6.45, 7) is 4.67. The third-order valence-electron chi connectivity index (χ3n) is 7.40. The van der Waals surface area contributed by atoms with Crippen molar-refractivity contribution in [2.24, 2.45) is 17.3 Å². The molecule has 3 atom stereocenters. The minimum Gasteiger partial charge on any atom is -0.449 e. The summed E-state index contributed by atoms with van der Waals surface area (Å²) < 4.78 is 16.2. The fourth-order valence-electron chi connectivity index (χ4n) is 5.02. The van der Waals surface area contributed by atoms with E-state index < -0.39 is 23.9 Å². The summed E-state index contributed by atoms with van der Waals surface area (Å²) in [6, 6.07) is 0. The molecular formula is C27H39N3O9. The third kappa shape index (κ3) is 9.82. The first-order valence-corrected chi connectivity index (χ1v) is 13.7. The van der Waals surface area contributed by atoms with Gasteiger partial charge in [-0.25, -0.2) is 9.59 Å². The summed E-state index contributed by atoms with van der Waals surface area (Å²) in [4.78, 5) is 63.0. The summed E-state index contributed by atoms with van der Waals surface area (Å²) in [5.41, 5.74) is 0.247. The molecule has 0 radical (unpaired) electrons. The van der Waals surface area contributed by atoms with Gasteiger partial charge in [-0.2, -0.15) is 0 Å². The number of hydrogen-bond donors (Lipinski definition) is 2. The van der Waals surface area contributed by atoms with Crippen LogP contribution in [-0.2, 0) is 38.2 Å². The van der Waals surface area contributed by atoms with Gasteiger partial charge in [-0.15, -0.1) is 16.9 Å². The fourth-order valence-corrected chi connectivity index (χ4v) is 5.02. The molecule has 1 unspecified atom stereocenters. The lowest BCUT2D eigenvalue weighted by Crippen LogP contribution is -2.32. The molecule has 3 aliphatic rings. The SMILES string of the molecule is CC12CCC#CCC[C@@H]1[C@@H]2COC(=O)NCCOCCOCCNC(=O)CCCC(=O)ON1C(=O)CCC1=O. The van der Waals surface area contributed by atoms with Crippen LogP contribution in [0.1, 0.15) is 64.7 Å². The van der Waals surface area contributed by atoms with Crippen LogP contribution in [0.15, 0.2) is 0 Å². The highest BCUT2D eigenvalue weighted by atomic mass is 16.7. The Bertz CT molecular complexity index is 944. The molecule has 3 rings (SSSR count). The van der Waals surface area contributed by atoms with Gasteiger partial charge in [0.1, 0.15) is 0 Å². The van der Waals surface area contributed by atoms with Crippen molar-refractivity contribution in [1.29, 1.82) is 0 Å². The first-order chi connectivity index (χ1) is 18.8. The zero-order chi connectivity index (χ0) is 28.1. The van der Waals surface area contributed by atoms with E-state index in [1.54, 1.807) is 0 Å². The second-order valence-corrected chi connectivity index (χ2v) is 10.1. The van der Waals surface area contributed by atoms with Crippen LogP contribution >= 0.6 is 0 Å². The summed E-state index contributed by atoms with van der Waals surface area (Å²) >= 11 is 0. The normalized spacial score (nSPS) is 23.6. The fraction of sp³-hybridized carbons (Fsp3) is 0.741. The standard InChI is InChI=1S/C27H39N3O9/c1-27-12-5-3-2-4-7-20(27)21(27)19-38-26(35)29-14-16-37-18-17-36-15-13-28-22(31)8-6-9-25(34)39-30-23(32)10-11-24(30)33/h20-21H,4-19H2,1H3,(H,28,31)(H,29,35)/t20-,21+,27?/m1/s1. The Morgan fingerprint density at radius 1 is 0.949 bits per heavy atom. The van der Waals surface area contributed by atoms with E-state index in [0.717, 1.165) is 25.7 Å². The lowest BCUT2D eigenvalue weighted by molar-refractivity contribution is -0.197. The summed E-state index contributed by atoms with van der Waals surface area (Å²) in [6.07, 6.45) is 3.87. The average molecular weight is 550 g/mol. The van der Waals surface area contributed by atoms with Crippen LogP contribution in [0.2, 0.25) is 0 Å². The van der Waals surface area contributed by atoms with Gasteiger partial charge in [-0.05, 0) is 30.6 Å². The molecule has 4 amide bonds. The van der Waals surface area contributed by atoms with Gasteiger partial charge in [0.2, 0.25) is 5.91 Å². The van der Waals surface area contributed by atoms with Crippen molar-refractivity contribution in [3.63, 3.8) is 0 Å². The lowest BCUT2D eigenvalue weighted by atomic mass is 9.95. The molecule has 0 aromatic carbocycles. The number of nitrogens with one attached hydrogen (secondary N) is 2. The summed E-state index contributed by atoms with van der Waals surface area (Å²) in [5.74, 6) is 5.35. The second-order valence-electron chi connectivity index (χ2n) is 10.1. The smallest absolute Gasteiger partial charge is 0.407 e. The maximum absolute atomic E-state index is 12.0. The predicted molar refractivity (Wildman–Crippen MR) is 136 cm³/mol. The number of ether oxygens (including phenoxy) is 3. The number of amides is 4. The molecule has 2 aliphatic carbocycles. The van der Waals surface area contributed by atoms with Crippen LogP contribution in [-0.4, -0.2) is 81.0 Å². The van der Waals surface area contributed by atoms with Crippen LogP contribution in [0, 0.1) is 29.1 Å². The molecular weight excluding hydrogens is 510 g/mol. The van der Waals surface area contributed by atoms with E-state index in [9.17, 15) is 24.0 Å². The van der Waals surface area contributed by atoms with Gasteiger partial charge < -0.3 is 29.7 Å². The van der Waals surface area contributed by atoms with Crippen LogP contribution in [0.3, 0.4) is 0 Å². The number of nitrogens with zero attached hydrogens (tertiary/aromatic N) is 1. The molecule has 2 N–H and O–H groups in total. The van der Waals surface area contributed by atoms with Gasteiger partial charge in [0.25, 0.3) is 11.8 Å². The molecule has 0 spiro atoms. The summed E-state index contributed by atoms with van der Waals surface area (Å²) in [5, 5.41) is 5.86. The molecule has 0 aromatic heterocycles. The first kappa shape index (κ1) is 30.4. The van der Waals surface area contributed by atoms with Gasteiger partial charge in [0.15, 0.2) is 0 Å². The molecule has 1 saturated heterocycles. The molecule has 1 aliphatic heterocycles. The molecule has 1 heterocycles. The maximum Gasteiger partial charge on any atom is 0.407 e. The molecule has 39 heavy (non-hydrogen) atoms. The second kappa shape index (κ2) is 15.4. The molecule has 1 saturated carbocycles. The quantitative estimate of drug-likeness (QED) is 0.166. The van der Waals surface area contributed by atoms with Gasteiger partial charge in [-0.1, -0.05) is 6.92 Å². The van der Waals surface area contributed by atoms with E-state index in [1.807, 2.05) is 0 Å². The minimum atomic E-state index is -0.728. The Kier molecular flexibility index (Phi) is 12.0. The van der Waals surface area contributed by atoms with Gasteiger partial charge in [0.05, 0.1) is 33.0 Å². The van der Waals surface area contributed by atoms with Crippen molar-refractivity contribution >= 4 is 29.8 Å². The summed E-state index contributed by atoms with van der Waals surface area (Å²) in [7, 11) is 0. The molecule has 12 nitrogen and oxygen atoms in total. The number of fused-ring (bicyclic) bond motifs is 1. The highest BCUT2D eigenvalue weighted by Gasteiger charge is 2.60. The van der Waals surface area contributed by atoms with Crippen molar-refractivity contribution < 1.29 is 43.0 Å². The Morgan fingerprint density at radius 2 is 1.62 bits per heavy atom. The van der Waals surface area contributed by atoms with E-state index in [2.05, 4.69) is 29.4 Å². The molecule has 0 bridgehead atoms. The number of hydroxylamine groups is 2. The molecule has 0 aromatic rings. The van der Waals surface area contributed by atoms with Crippen molar-refractivity contribution in [3.05, 3.63) is 0 Å². The zero-order valence-corrected chi connectivity index (χ0v) is 22.6. The van der Waals surface area contributed by atoms with Crippen LogP contribution in [0.5, 0.6) is 0 Å². The van der Waals surface area contributed by atoms with Crippen molar-refractivity contribution in [1.82, 2.24) is 15.7 Å². The van der Waals surface area contributed by atoms with E-state index >= 15 is 0 Å². The van der Waals surface area contributed by atoms with Crippen molar-refractivity contribution in [3.8, 4) is 11.8 Å². The largest absolute Gasteiger partial charge is 0.449 e. The highest BCUT2D eigenvalue weighted by molar-refractivity contribution is 6.01.